The molecule has 1 N–H and O–H groups in total. The molecule has 274 valence electrons. The average Bonchev–Trinajstić information content (AvgIpc) is 3.92. The minimum Gasteiger partial charge on any atom is -0.507 e. The molecule has 3 aromatic heterocycles. The molecule has 6 aromatic carbocycles. The zero-order valence-corrected chi connectivity index (χ0v) is 32.9. The van der Waals surface area contributed by atoms with Gasteiger partial charge in [0.15, 0.2) is 0 Å². The van der Waals surface area contributed by atoms with Crippen molar-refractivity contribution in [2.75, 3.05) is 0 Å². The van der Waals surface area contributed by atoms with E-state index in [2.05, 4.69) is 132 Å². The molecular weight excluding hydrogens is 866 g/mol. The number of pyridine rings is 2. The Labute approximate surface area is 341 Å². The molecule has 0 aliphatic heterocycles. The van der Waals surface area contributed by atoms with Crippen LogP contribution in [0.1, 0.15) is 37.3 Å². The van der Waals surface area contributed by atoms with E-state index in [1.807, 2.05) is 42.5 Å². The van der Waals surface area contributed by atoms with Crippen LogP contribution in [0.5, 0.6) is 5.75 Å². The quantitative estimate of drug-likeness (QED) is 0.162. The van der Waals surface area contributed by atoms with E-state index in [-0.39, 0.29) is 26.8 Å². The molecule has 1 fully saturated rings. The Balaban J connectivity index is 0.00000410. The predicted molar refractivity (Wildman–Crippen MR) is 225 cm³/mol. The molecule has 3 heterocycles. The van der Waals surface area contributed by atoms with Gasteiger partial charge in [-0.1, -0.05) is 127 Å². The fraction of sp³-hybridized carbons (Fsp3) is 0.0980. The first-order valence-corrected chi connectivity index (χ1v) is 19.2. The van der Waals surface area contributed by atoms with E-state index in [0.29, 0.717) is 17.2 Å². The third kappa shape index (κ3) is 6.55. The number of hydrogen-bond donors (Lipinski definition) is 1. The molecule has 9 aromatic rings. The number of phenols is 1. The van der Waals surface area contributed by atoms with Crippen LogP contribution in [0, 0.1) is 6.07 Å². The molecular formula is C51H38N3OPt-. The van der Waals surface area contributed by atoms with E-state index in [1.165, 1.54) is 45.8 Å². The Bertz CT molecular complexity index is 2840. The van der Waals surface area contributed by atoms with Crippen molar-refractivity contribution in [2.45, 2.75) is 31.6 Å². The summed E-state index contributed by atoms with van der Waals surface area (Å²) in [6.45, 7) is 0. The van der Waals surface area contributed by atoms with Crippen molar-refractivity contribution in [3.63, 3.8) is 0 Å². The van der Waals surface area contributed by atoms with Crippen LogP contribution < -0.4 is 0 Å². The number of hydrogen-bond acceptors (Lipinski definition) is 3. The average molecular weight is 904 g/mol. The fourth-order valence-electron chi connectivity index (χ4n) is 8.45. The zero-order chi connectivity index (χ0) is 36.7. The van der Waals surface area contributed by atoms with Crippen LogP contribution in [0.2, 0.25) is 0 Å². The Morgan fingerprint density at radius 1 is 0.518 bits per heavy atom. The van der Waals surface area contributed by atoms with Crippen LogP contribution in [0.15, 0.2) is 170 Å². The van der Waals surface area contributed by atoms with Gasteiger partial charge < -0.3 is 9.67 Å². The SMILES string of the molecule is Oc1ccccc1-c1cc(-c2ccccc2)cc(-c2[c-]c(-c3cc(-c4cccc5c4c4ccccc4n5-c4ccccc4)cc(C4CCCC4)n3)ccc2)n1.[Pt]. The second-order valence-corrected chi connectivity index (χ2v) is 14.5. The number of nitrogens with zero attached hydrogens (tertiary/aromatic N) is 3. The minimum atomic E-state index is 0. The molecule has 0 bridgehead atoms. The van der Waals surface area contributed by atoms with Crippen LogP contribution in [-0.2, 0) is 21.1 Å². The van der Waals surface area contributed by atoms with Gasteiger partial charge in [0, 0.05) is 66.1 Å². The van der Waals surface area contributed by atoms with Gasteiger partial charge in [-0.25, -0.2) is 0 Å². The summed E-state index contributed by atoms with van der Waals surface area (Å²) < 4.78 is 2.38. The van der Waals surface area contributed by atoms with Crippen molar-refractivity contribution in [1.29, 1.82) is 0 Å². The molecule has 1 aliphatic rings. The molecule has 0 radical (unpaired) electrons. The Kier molecular flexibility index (Phi) is 9.67. The van der Waals surface area contributed by atoms with E-state index in [9.17, 15) is 5.11 Å². The van der Waals surface area contributed by atoms with Crippen LogP contribution in [0.4, 0.5) is 0 Å². The second kappa shape index (κ2) is 15.2. The van der Waals surface area contributed by atoms with Crippen molar-refractivity contribution >= 4 is 21.8 Å². The third-order valence-corrected chi connectivity index (χ3v) is 11.1. The fourth-order valence-corrected chi connectivity index (χ4v) is 8.45. The maximum absolute atomic E-state index is 10.8. The molecule has 0 amide bonds. The molecule has 10 rings (SSSR count). The summed E-state index contributed by atoms with van der Waals surface area (Å²) >= 11 is 0. The summed E-state index contributed by atoms with van der Waals surface area (Å²) in [4.78, 5) is 10.5. The summed E-state index contributed by atoms with van der Waals surface area (Å²) in [6, 6.07) is 62.5. The predicted octanol–water partition coefficient (Wildman–Crippen LogP) is 13.1. The first-order chi connectivity index (χ1) is 27.2. The molecule has 5 heteroatoms. The van der Waals surface area contributed by atoms with E-state index in [4.69, 9.17) is 9.97 Å². The summed E-state index contributed by atoms with van der Waals surface area (Å²) in [5.41, 5.74) is 14.0. The number of para-hydroxylation sites is 3. The third-order valence-electron chi connectivity index (χ3n) is 11.1. The summed E-state index contributed by atoms with van der Waals surface area (Å²) in [5, 5.41) is 13.3. The molecule has 0 atom stereocenters. The van der Waals surface area contributed by atoms with E-state index >= 15 is 0 Å². The van der Waals surface area contributed by atoms with Gasteiger partial charge in [-0.05, 0) is 83.6 Å². The van der Waals surface area contributed by atoms with Crippen molar-refractivity contribution in [3.05, 3.63) is 182 Å². The molecule has 1 aliphatic carbocycles. The number of fused-ring (bicyclic) bond motifs is 3. The first-order valence-electron chi connectivity index (χ1n) is 19.2. The molecule has 1 saturated carbocycles. The van der Waals surface area contributed by atoms with Gasteiger partial charge in [0.25, 0.3) is 0 Å². The topological polar surface area (TPSA) is 50.9 Å². The van der Waals surface area contributed by atoms with Crippen LogP contribution >= 0.6 is 0 Å². The van der Waals surface area contributed by atoms with Crippen molar-refractivity contribution in [2.24, 2.45) is 0 Å². The monoisotopic (exact) mass is 903 g/mol. The van der Waals surface area contributed by atoms with E-state index < -0.39 is 0 Å². The Hall–Kier alpha value is -6.09. The van der Waals surface area contributed by atoms with Gasteiger partial charge in [0.1, 0.15) is 5.75 Å². The first kappa shape index (κ1) is 35.6. The van der Waals surface area contributed by atoms with Gasteiger partial charge in [0.2, 0.25) is 0 Å². The van der Waals surface area contributed by atoms with Gasteiger partial charge in [-0.15, -0.1) is 24.3 Å². The van der Waals surface area contributed by atoms with Crippen molar-refractivity contribution in [3.8, 4) is 67.5 Å². The second-order valence-electron chi connectivity index (χ2n) is 14.5. The van der Waals surface area contributed by atoms with Gasteiger partial charge in [0.05, 0.1) is 16.7 Å². The Morgan fingerprint density at radius 2 is 1.12 bits per heavy atom. The molecule has 56 heavy (non-hydrogen) atoms. The normalized spacial score (nSPS) is 12.9. The smallest absolute Gasteiger partial charge is 0.124 e. The molecule has 4 nitrogen and oxygen atoms in total. The standard InChI is InChI=1S/C51H38N3O.Pt/c55-50-28-12-10-23-42(50)47-31-38(34-15-3-1-4-16-34)30-45(53-47)36-19-13-20-37(29-36)46-33-39(32-44(52-46)35-17-7-8-18-35)41-25-14-27-49-51(41)43-24-9-11-26-48(43)54(49)40-21-5-2-6-22-40;/h1-6,9-16,19-28,30-33,35,55H,7-8,17-18H2;/q-1;. The number of phenolic OH excluding ortho intramolecular Hbond substituents is 1. The maximum atomic E-state index is 10.8. The van der Waals surface area contributed by atoms with Gasteiger partial charge in [-0.2, -0.15) is 0 Å². The number of aromatic hydroxyl groups is 1. The maximum Gasteiger partial charge on any atom is 0.124 e. The minimum absolute atomic E-state index is 0. The number of aromatic nitrogens is 3. The molecule has 0 spiro atoms. The van der Waals surface area contributed by atoms with Crippen LogP contribution in [0.3, 0.4) is 0 Å². The molecule has 0 unspecified atom stereocenters. The largest absolute Gasteiger partial charge is 0.507 e. The summed E-state index contributed by atoms with van der Waals surface area (Å²) in [6.07, 6.45) is 4.78. The zero-order valence-electron chi connectivity index (χ0n) is 30.7. The van der Waals surface area contributed by atoms with Crippen LogP contribution in [0.25, 0.3) is 83.5 Å². The van der Waals surface area contributed by atoms with Crippen LogP contribution in [-0.4, -0.2) is 19.6 Å². The van der Waals surface area contributed by atoms with E-state index in [1.54, 1.807) is 6.07 Å². The van der Waals surface area contributed by atoms with Gasteiger partial charge >= 0.3 is 0 Å². The van der Waals surface area contributed by atoms with E-state index in [0.717, 1.165) is 57.9 Å². The van der Waals surface area contributed by atoms with Crippen molar-refractivity contribution < 1.29 is 26.2 Å². The van der Waals surface area contributed by atoms with Gasteiger partial charge in [-0.3, -0.25) is 9.97 Å². The number of rotatable bonds is 7. The summed E-state index contributed by atoms with van der Waals surface area (Å²) in [5.74, 6) is 0.628. The van der Waals surface area contributed by atoms with Crippen molar-refractivity contribution in [1.82, 2.24) is 14.5 Å². The number of benzene rings is 6. The molecule has 0 saturated heterocycles. The Morgan fingerprint density at radius 3 is 1.91 bits per heavy atom. The summed E-state index contributed by atoms with van der Waals surface area (Å²) in [7, 11) is 0.